The number of rotatable bonds is 6. The van der Waals surface area contributed by atoms with E-state index in [4.69, 9.17) is 0 Å². The molecule has 0 saturated heterocycles. The SMILES string of the molecule is CCC(CC([N+](=O)[O-])[N+](=O)[O-])[N+](=O)[O-]. The molecular formula is C5H9N3O6. The van der Waals surface area contributed by atoms with Gasteiger partial charge in [-0.2, -0.15) is 0 Å². The molecule has 0 amide bonds. The van der Waals surface area contributed by atoms with Crippen molar-refractivity contribution in [2.45, 2.75) is 32.0 Å². The van der Waals surface area contributed by atoms with Crippen LogP contribution in [0, 0.1) is 30.3 Å². The molecule has 1 atom stereocenters. The van der Waals surface area contributed by atoms with Gasteiger partial charge in [0.25, 0.3) is 0 Å². The van der Waals surface area contributed by atoms with E-state index < -0.39 is 33.4 Å². The van der Waals surface area contributed by atoms with Crippen molar-refractivity contribution in [1.29, 1.82) is 0 Å². The Morgan fingerprint density at radius 1 is 1.00 bits per heavy atom. The van der Waals surface area contributed by atoms with E-state index >= 15 is 0 Å². The monoisotopic (exact) mass is 207 g/mol. The number of hydrogen-bond donors (Lipinski definition) is 0. The van der Waals surface area contributed by atoms with Gasteiger partial charge < -0.3 is 0 Å². The summed E-state index contributed by atoms with van der Waals surface area (Å²) in [5, 5.41) is 30.6. The predicted molar refractivity (Wildman–Crippen MR) is 43.5 cm³/mol. The zero-order valence-electron chi connectivity index (χ0n) is 7.36. The van der Waals surface area contributed by atoms with Crippen molar-refractivity contribution in [2.75, 3.05) is 0 Å². The molecular weight excluding hydrogens is 198 g/mol. The highest BCUT2D eigenvalue weighted by molar-refractivity contribution is 4.56. The summed E-state index contributed by atoms with van der Waals surface area (Å²) in [7, 11) is 0. The molecule has 0 bridgehead atoms. The average Bonchev–Trinajstić information content (AvgIpc) is 2.03. The van der Waals surface area contributed by atoms with E-state index in [2.05, 4.69) is 0 Å². The van der Waals surface area contributed by atoms with Gasteiger partial charge in [0, 0.05) is 11.3 Å². The normalized spacial score (nSPS) is 12.4. The van der Waals surface area contributed by atoms with Crippen LogP contribution in [-0.2, 0) is 0 Å². The maximum Gasteiger partial charge on any atom is 0.457 e. The van der Waals surface area contributed by atoms with Gasteiger partial charge in [0.2, 0.25) is 6.04 Å². The standard InChI is InChI=1S/C5H9N3O6/c1-2-4(6(9)10)3-5(7(11)12)8(13)14/h4-5H,2-3H2,1H3. The molecule has 0 aliphatic heterocycles. The molecule has 1 unspecified atom stereocenters. The Labute approximate surface area is 78.2 Å². The van der Waals surface area contributed by atoms with Crippen LogP contribution in [0.2, 0.25) is 0 Å². The van der Waals surface area contributed by atoms with Gasteiger partial charge in [0.05, 0.1) is 9.85 Å². The molecule has 0 N–H and O–H groups in total. The molecule has 9 nitrogen and oxygen atoms in total. The third kappa shape index (κ3) is 3.29. The van der Waals surface area contributed by atoms with E-state index in [0.717, 1.165) is 0 Å². The minimum absolute atomic E-state index is 0.0329. The third-order valence-corrected chi connectivity index (χ3v) is 1.74. The Bertz CT molecular complexity index is 240. The molecule has 0 aromatic carbocycles. The van der Waals surface area contributed by atoms with Crippen molar-refractivity contribution in [3.63, 3.8) is 0 Å². The first-order chi connectivity index (χ1) is 6.40. The van der Waals surface area contributed by atoms with Gasteiger partial charge in [-0.1, -0.05) is 6.92 Å². The molecule has 14 heavy (non-hydrogen) atoms. The first-order valence-electron chi connectivity index (χ1n) is 3.80. The van der Waals surface area contributed by atoms with Crippen LogP contribution in [0.25, 0.3) is 0 Å². The lowest BCUT2D eigenvalue weighted by atomic mass is 10.1. The Balaban J connectivity index is 4.49. The van der Waals surface area contributed by atoms with Gasteiger partial charge >= 0.3 is 6.17 Å². The Kier molecular flexibility index (Phi) is 4.40. The third-order valence-electron chi connectivity index (χ3n) is 1.74. The second-order valence-corrected chi connectivity index (χ2v) is 2.63. The van der Waals surface area contributed by atoms with E-state index in [1.165, 1.54) is 6.92 Å². The van der Waals surface area contributed by atoms with Crippen LogP contribution in [0.5, 0.6) is 0 Å². The largest absolute Gasteiger partial charge is 0.457 e. The second-order valence-electron chi connectivity index (χ2n) is 2.63. The molecule has 0 spiro atoms. The molecule has 80 valence electrons. The van der Waals surface area contributed by atoms with E-state index in [9.17, 15) is 30.3 Å². The van der Waals surface area contributed by atoms with Crippen molar-refractivity contribution in [3.05, 3.63) is 30.3 Å². The van der Waals surface area contributed by atoms with Crippen molar-refractivity contribution in [3.8, 4) is 0 Å². The predicted octanol–water partition coefficient (Wildman–Crippen LogP) is 0.311. The van der Waals surface area contributed by atoms with Crippen molar-refractivity contribution in [1.82, 2.24) is 0 Å². The van der Waals surface area contributed by atoms with E-state index in [1.54, 1.807) is 0 Å². The van der Waals surface area contributed by atoms with E-state index in [1.807, 2.05) is 0 Å². The summed E-state index contributed by atoms with van der Waals surface area (Å²) in [5.74, 6) is 0. The minimum Gasteiger partial charge on any atom is -0.264 e. The summed E-state index contributed by atoms with van der Waals surface area (Å²) < 4.78 is 0. The molecule has 0 rings (SSSR count). The van der Waals surface area contributed by atoms with Crippen LogP contribution < -0.4 is 0 Å². The lowest BCUT2D eigenvalue weighted by molar-refractivity contribution is -0.748. The summed E-state index contributed by atoms with van der Waals surface area (Å²) in [6.07, 6.45) is -2.74. The van der Waals surface area contributed by atoms with Gasteiger partial charge in [-0.3, -0.25) is 30.3 Å². The highest BCUT2D eigenvalue weighted by atomic mass is 16.7. The van der Waals surface area contributed by atoms with Crippen LogP contribution in [0.3, 0.4) is 0 Å². The van der Waals surface area contributed by atoms with E-state index in [0.29, 0.717) is 0 Å². The summed E-state index contributed by atoms with van der Waals surface area (Å²) in [6, 6.07) is -1.24. The molecule has 9 heteroatoms. The van der Waals surface area contributed by atoms with Crippen LogP contribution >= 0.6 is 0 Å². The quantitative estimate of drug-likeness (QED) is 0.350. The van der Waals surface area contributed by atoms with Gasteiger partial charge in [-0.15, -0.1) is 0 Å². The molecule has 0 radical (unpaired) electrons. The highest BCUT2D eigenvalue weighted by Crippen LogP contribution is 2.08. The molecule has 0 aliphatic rings. The molecule has 0 saturated carbocycles. The first-order valence-corrected chi connectivity index (χ1v) is 3.80. The zero-order valence-corrected chi connectivity index (χ0v) is 7.36. The Morgan fingerprint density at radius 3 is 1.64 bits per heavy atom. The van der Waals surface area contributed by atoms with Crippen LogP contribution in [0.4, 0.5) is 0 Å². The fourth-order valence-corrected chi connectivity index (χ4v) is 0.894. The van der Waals surface area contributed by atoms with E-state index in [-0.39, 0.29) is 6.42 Å². The highest BCUT2D eigenvalue weighted by Gasteiger charge is 2.39. The smallest absolute Gasteiger partial charge is 0.264 e. The first kappa shape index (κ1) is 12.2. The fourth-order valence-electron chi connectivity index (χ4n) is 0.894. The number of hydrogen-bond acceptors (Lipinski definition) is 6. The Hall–Kier alpha value is -1.80. The molecule has 0 aromatic rings. The average molecular weight is 207 g/mol. The fraction of sp³-hybridized carbons (Fsp3) is 1.00. The second kappa shape index (κ2) is 5.04. The maximum atomic E-state index is 10.3. The van der Waals surface area contributed by atoms with Crippen molar-refractivity contribution >= 4 is 0 Å². The summed E-state index contributed by atoms with van der Waals surface area (Å²) in [6.45, 7) is 1.45. The molecule has 0 aromatic heterocycles. The molecule has 0 aliphatic carbocycles. The molecule has 0 fully saturated rings. The van der Waals surface area contributed by atoms with Crippen molar-refractivity contribution < 1.29 is 14.8 Å². The zero-order chi connectivity index (χ0) is 11.3. The maximum absolute atomic E-state index is 10.3. The van der Waals surface area contributed by atoms with Crippen molar-refractivity contribution in [2.24, 2.45) is 0 Å². The van der Waals surface area contributed by atoms with Gasteiger partial charge in [-0.05, 0) is 0 Å². The summed E-state index contributed by atoms with van der Waals surface area (Å²) >= 11 is 0. The topological polar surface area (TPSA) is 129 Å². The van der Waals surface area contributed by atoms with Crippen LogP contribution in [0.15, 0.2) is 0 Å². The minimum atomic E-state index is -2.09. The lowest BCUT2D eigenvalue weighted by Crippen LogP contribution is -2.35. The van der Waals surface area contributed by atoms with Crippen LogP contribution in [-0.4, -0.2) is 27.0 Å². The summed E-state index contributed by atoms with van der Waals surface area (Å²) in [4.78, 5) is 27.6. The van der Waals surface area contributed by atoms with Crippen LogP contribution in [0.1, 0.15) is 19.8 Å². The lowest BCUT2D eigenvalue weighted by Gasteiger charge is -2.05. The summed E-state index contributed by atoms with van der Waals surface area (Å²) in [5.41, 5.74) is 0. The number of nitrogens with zero attached hydrogens (tertiary/aromatic N) is 3. The number of nitro groups is 3. The van der Waals surface area contributed by atoms with Gasteiger partial charge in [0.1, 0.15) is 0 Å². The van der Waals surface area contributed by atoms with Gasteiger partial charge in [-0.25, -0.2) is 0 Å². The Morgan fingerprint density at radius 2 is 1.43 bits per heavy atom. The van der Waals surface area contributed by atoms with Gasteiger partial charge in [0.15, 0.2) is 6.42 Å². The molecule has 0 heterocycles.